The maximum Gasteiger partial charge on any atom is 0.269 e. The van der Waals surface area contributed by atoms with Crippen LogP contribution in [0.3, 0.4) is 0 Å². The smallest absolute Gasteiger partial charge is 0.269 e. The third-order valence-electron chi connectivity index (χ3n) is 9.08. The Hall–Kier alpha value is -4.00. The van der Waals surface area contributed by atoms with Gasteiger partial charge < -0.3 is 9.57 Å². The molecule has 0 heterocycles. The van der Waals surface area contributed by atoms with Gasteiger partial charge in [-0.1, -0.05) is 48.5 Å². The van der Waals surface area contributed by atoms with Gasteiger partial charge in [-0.15, -0.1) is 0 Å². The fraction of sp³-hybridized carbons (Fsp3) is 0.375. The van der Waals surface area contributed by atoms with E-state index >= 15 is 0 Å². The van der Waals surface area contributed by atoms with Crippen LogP contribution < -0.4 is 4.74 Å². The van der Waals surface area contributed by atoms with Gasteiger partial charge in [0.2, 0.25) is 0 Å². The molecule has 0 aromatic heterocycles. The van der Waals surface area contributed by atoms with E-state index in [1.54, 1.807) is 12.1 Å². The van der Waals surface area contributed by atoms with Crippen molar-refractivity contribution in [2.45, 2.75) is 58.2 Å². The highest BCUT2D eigenvalue weighted by Crippen LogP contribution is 2.59. The first kappa shape index (κ1) is 25.3. The normalized spacial score (nSPS) is 26.4. The number of ether oxygens (including phenoxy) is 1. The maximum atomic E-state index is 13.5. The lowest BCUT2D eigenvalue weighted by Crippen LogP contribution is -2.42. The number of ketones is 1. The van der Waals surface area contributed by atoms with Crippen LogP contribution in [-0.4, -0.2) is 16.4 Å². The molecule has 0 aliphatic heterocycles. The number of rotatable bonds is 7. The number of carbonyl (C=O) groups excluding carboxylic acids is 1. The van der Waals surface area contributed by atoms with E-state index in [0.717, 1.165) is 42.6 Å². The average Bonchev–Trinajstić information content (AvgIpc) is 3.22. The number of aryl methyl sites for hydroxylation is 1. The van der Waals surface area contributed by atoms with E-state index in [2.05, 4.69) is 42.4 Å². The standard InChI is InChI=1S/C32H32N2O5/c1-32-16-15-27-26-14-12-25(38-19-21-5-3-2-4-6-21)17-23(26)9-13-28(27)29(32)18-30(31(32)35)33-39-20-22-7-10-24(11-8-22)34(36)37/h2-8,10-12,14,17,27-29H,9,13,15-16,18-20H2,1H3/b33-30+/t27-,28-,29+,32-/m1/s1. The second-order valence-electron chi connectivity index (χ2n) is 11.3. The molecule has 7 heteroatoms. The first-order valence-electron chi connectivity index (χ1n) is 13.7. The number of benzene rings is 3. The van der Waals surface area contributed by atoms with Crippen LogP contribution in [-0.2, 0) is 29.3 Å². The van der Waals surface area contributed by atoms with Gasteiger partial charge in [-0.3, -0.25) is 14.9 Å². The van der Waals surface area contributed by atoms with Crippen LogP contribution in [0.15, 0.2) is 78.0 Å². The summed E-state index contributed by atoms with van der Waals surface area (Å²) >= 11 is 0. The number of hydrogen-bond acceptors (Lipinski definition) is 6. The Kier molecular flexibility index (Phi) is 6.67. The summed E-state index contributed by atoms with van der Waals surface area (Å²) in [6.07, 6.45) is 4.54. The van der Waals surface area contributed by atoms with Crippen molar-refractivity contribution >= 4 is 17.2 Å². The second kappa shape index (κ2) is 10.3. The molecule has 39 heavy (non-hydrogen) atoms. The zero-order valence-electron chi connectivity index (χ0n) is 22.0. The van der Waals surface area contributed by atoms with Crippen LogP contribution in [0.2, 0.25) is 0 Å². The molecule has 200 valence electrons. The lowest BCUT2D eigenvalue weighted by Gasteiger charge is -2.47. The van der Waals surface area contributed by atoms with Gasteiger partial charge >= 0.3 is 0 Å². The van der Waals surface area contributed by atoms with E-state index in [4.69, 9.17) is 9.57 Å². The molecule has 0 unspecified atom stereocenters. The van der Waals surface area contributed by atoms with E-state index in [1.165, 1.54) is 23.3 Å². The molecule has 2 fully saturated rings. The number of nitro groups is 1. The van der Waals surface area contributed by atoms with E-state index in [-0.39, 0.29) is 24.0 Å². The van der Waals surface area contributed by atoms with Crippen LogP contribution in [0, 0.1) is 27.4 Å². The van der Waals surface area contributed by atoms with Crippen molar-refractivity contribution in [3.8, 4) is 5.75 Å². The highest BCUT2D eigenvalue weighted by atomic mass is 16.6. The number of oxime groups is 1. The summed E-state index contributed by atoms with van der Waals surface area (Å²) in [6, 6.07) is 22.9. The molecular formula is C32H32N2O5. The lowest BCUT2D eigenvalue weighted by atomic mass is 9.55. The molecule has 2 saturated carbocycles. The molecule has 7 nitrogen and oxygen atoms in total. The fourth-order valence-corrected chi connectivity index (χ4v) is 6.98. The molecule has 0 amide bonds. The summed E-state index contributed by atoms with van der Waals surface area (Å²) in [7, 11) is 0. The van der Waals surface area contributed by atoms with E-state index in [0.29, 0.717) is 30.6 Å². The maximum absolute atomic E-state index is 13.5. The van der Waals surface area contributed by atoms with Gasteiger partial charge in [0.15, 0.2) is 5.78 Å². The van der Waals surface area contributed by atoms with Gasteiger partial charge in [-0.05, 0) is 90.0 Å². The molecule has 0 radical (unpaired) electrons. The zero-order valence-corrected chi connectivity index (χ0v) is 22.0. The van der Waals surface area contributed by atoms with E-state index in [9.17, 15) is 14.9 Å². The second-order valence-corrected chi connectivity index (χ2v) is 11.3. The molecule has 3 aliphatic carbocycles. The van der Waals surface area contributed by atoms with Crippen molar-refractivity contribution in [3.63, 3.8) is 0 Å². The molecule has 3 aromatic carbocycles. The Balaban J connectivity index is 1.13. The molecule has 0 bridgehead atoms. The quantitative estimate of drug-likeness (QED) is 0.251. The molecule has 0 spiro atoms. The summed E-state index contributed by atoms with van der Waals surface area (Å²) in [5, 5.41) is 15.1. The van der Waals surface area contributed by atoms with Gasteiger partial charge in [0.1, 0.15) is 24.7 Å². The largest absolute Gasteiger partial charge is 0.489 e. The number of nitrogens with zero attached hydrogens (tertiary/aromatic N) is 2. The number of carbonyl (C=O) groups is 1. The summed E-state index contributed by atoms with van der Waals surface area (Å²) in [4.78, 5) is 29.5. The Morgan fingerprint density at radius 1 is 1.00 bits per heavy atom. The monoisotopic (exact) mass is 524 g/mol. The van der Waals surface area contributed by atoms with Crippen molar-refractivity contribution in [1.29, 1.82) is 0 Å². The van der Waals surface area contributed by atoms with Crippen molar-refractivity contribution in [2.75, 3.05) is 0 Å². The highest BCUT2D eigenvalue weighted by molar-refractivity contribution is 6.43. The highest BCUT2D eigenvalue weighted by Gasteiger charge is 2.57. The van der Waals surface area contributed by atoms with Gasteiger partial charge in [0.05, 0.1) is 4.92 Å². The van der Waals surface area contributed by atoms with E-state index < -0.39 is 10.3 Å². The first-order valence-corrected chi connectivity index (χ1v) is 13.7. The summed E-state index contributed by atoms with van der Waals surface area (Å²) in [5.41, 5.74) is 4.88. The number of hydrogen-bond donors (Lipinski definition) is 0. The zero-order chi connectivity index (χ0) is 27.0. The lowest BCUT2D eigenvalue weighted by molar-refractivity contribution is -0.384. The summed E-state index contributed by atoms with van der Waals surface area (Å²) in [5.74, 6) is 2.17. The molecule has 4 atom stereocenters. The minimum atomic E-state index is -0.430. The third kappa shape index (κ3) is 4.82. The summed E-state index contributed by atoms with van der Waals surface area (Å²) < 4.78 is 6.09. The third-order valence-corrected chi connectivity index (χ3v) is 9.08. The van der Waals surface area contributed by atoms with Crippen LogP contribution in [0.25, 0.3) is 0 Å². The number of non-ortho nitro benzene ring substituents is 1. The number of fused-ring (bicyclic) bond motifs is 5. The fourth-order valence-electron chi connectivity index (χ4n) is 6.98. The first-order chi connectivity index (χ1) is 18.9. The molecule has 3 aromatic rings. The minimum absolute atomic E-state index is 0.0348. The Morgan fingerprint density at radius 3 is 2.54 bits per heavy atom. The van der Waals surface area contributed by atoms with Crippen LogP contribution in [0.1, 0.15) is 60.8 Å². The molecular weight excluding hydrogens is 492 g/mol. The number of Topliss-reactive ketones (excluding diaryl/α,β-unsaturated/α-hetero) is 1. The SMILES string of the molecule is C[C@@]12CC[C@@H]3c4ccc(OCc5ccccc5)cc4CC[C@H]3[C@@H]1C/C(=N\OCc1ccc([N+](=O)[O-])cc1)C2=O. The van der Waals surface area contributed by atoms with Crippen molar-refractivity contribution in [2.24, 2.45) is 22.4 Å². The van der Waals surface area contributed by atoms with Gasteiger partial charge in [-0.2, -0.15) is 0 Å². The van der Waals surface area contributed by atoms with Gasteiger partial charge in [0, 0.05) is 24.0 Å². The molecule has 0 saturated heterocycles. The predicted octanol–water partition coefficient (Wildman–Crippen LogP) is 6.78. The van der Waals surface area contributed by atoms with Crippen molar-refractivity contribution in [1.82, 2.24) is 0 Å². The molecule has 0 N–H and O–H groups in total. The van der Waals surface area contributed by atoms with E-state index in [1.807, 2.05) is 18.2 Å². The topological polar surface area (TPSA) is 91.0 Å². The van der Waals surface area contributed by atoms with Crippen molar-refractivity contribution < 1.29 is 19.3 Å². The van der Waals surface area contributed by atoms with Crippen LogP contribution in [0.4, 0.5) is 5.69 Å². The van der Waals surface area contributed by atoms with Crippen LogP contribution in [0.5, 0.6) is 5.75 Å². The number of nitro benzene ring substituents is 1. The Bertz CT molecular complexity index is 1420. The molecule has 3 aliphatic rings. The molecule has 6 rings (SSSR count). The van der Waals surface area contributed by atoms with Crippen LogP contribution >= 0.6 is 0 Å². The Labute approximate surface area is 228 Å². The Morgan fingerprint density at radius 2 is 1.77 bits per heavy atom. The average molecular weight is 525 g/mol. The van der Waals surface area contributed by atoms with Gasteiger partial charge in [-0.25, -0.2) is 0 Å². The minimum Gasteiger partial charge on any atom is -0.489 e. The predicted molar refractivity (Wildman–Crippen MR) is 148 cm³/mol. The van der Waals surface area contributed by atoms with Gasteiger partial charge in [0.25, 0.3) is 5.69 Å². The summed E-state index contributed by atoms with van der Waals surface area (Å²) in [6.45, 7) is 2.85. The van der Waals surface area contributed by atoms with Crippen molar-refractivity contribution in [3.05, 3.63) is 105 Å².